The molecule has 0 saturated carbocycles. The molecule has 0 amide bonds. The van der Waals surface area contributed by atoms with Gasteiger partial charge in [-0.25, -0.2) is 0 Å². The van der Waals surface area contributed by atoms with Crippen molar-refractivity contribution in [1.82, 2.24) is 25.1 Å². The van der Waals surface area contributed by atoms with E-state index in [4.69, 9.17) is 21.9 Å². The summed E-state index contributed by atoms with van der Waals surface area (Å²) in [5.74, 6) is 1.17. The molecule has 0 fully saturated rings. The van der Waals surface area contributed by atoms with Gasteiger partial charge in [-0.1, -0.05) is 47.1 Å². The lowest BCUT2D eigenvalue weighted by Crippen LogP contribution is -2.20. The van der Waals surface area contributed by atoms with E-state index in [1.54, 1.807) is 12.1 Å². The molecule has 140 valence electrons. The zero-order chi connectivity index (χ0) is 19.5. The standard InChI is InChI=1S/C19H16ClN7O/c1-2-27(12-8-4-3-5-9-12)19-24-15(23-18(21)25-19)16-22-17(28-26-16)13-10-6-7-11-14(13)20/h3-11H,2H2,1H3,(H2,21,23,24,25). The van der Waals surface area contributed by atoms with E-state index >= 15 is 0 Å². The molecule has 0 atom stereocenters. The van der Waals surface area contributed by atoms with Crippen LogP contribution in [0.25, 0.3) is 23.1 Å². The average Bonchev–Trinajstić information content (AvgIpc) is 3.19. The van der Waals surface area contributed by atoms with Gasteiger partial charge >= 0.3 is 0 Å². The highest BCUT2D eigenvalue weighted by Crippen LogP contribution is 2.28. The molecular weight excluding hydrogens is 378 g/mol. The summed E-state index contributed by atoms with van der Waals surface area (Å²) in [6.45, 7) is 2.64. The highest BCUT2D eigenvalue weighted by atomic mass is 35.5. The molecule has 0 radical (unpaired) electrons. The quantitative estimate of drug-likeness (QED) is 0.542. The van der Waals surface area contributed by atoms with Crippen molar-refractivity contribution in [2.24, 2.45) is 0 Å². The predicted octanol–water partition coefficient (Wildman–Crippen LogP) is 3.98. The lowest BCUT2D eigenvalue weighted by molar-refractivity contribution is 0.432. The Morgan fingerprint density at radius 2 is 1.68 bits per heavy atom. The van der Waals surface area contributed by atoms with Gasteiger partial charge in [-0.3, -0.25) is 0 Å². The van der Waals surface area contributed by atoms with Gasteiger partial charge in [0.05, 0.1) is 10.6 Å². The Hall–Kier alpha value is -3.52. The molecule has 8 nitrogen and oxygen atoms in total. The number of nitrogen functional groups attached to an aromatic ring is 1. The zero-order valence-electron chi connectivity index (χ0n) is 15.0. The molecule has 0 saturated heterocycles. The SMILES string of the molecule is CCN(c1ccccc1)c1nc(N)nc(-c2noc(-c3ccccc3Cl)n2)n1. The molecule has 2 aromatic carbocycles. The van der Waals surface area contributed by atoms with Crippen molar-refractivity contribution in [1.29, 1.82) is 0 Å². The van der Waals surface area contributed by atoms with E-state index in [0.29, 0.717) is 23.1 Å². The first-order chi connectivity index (χ1) is 13.7. The third kappa shape index (κ3) is 3.49. The number of hydrogen-bond donors (Lipinski definition) is 1. The molecule has 4 aromatic rings. The summed E-state index contributed by atoms with van der Waals surface area (Å²) >= 11 is 6.20. The van der Waals surface area contributed by atoms with Crippen LogP contribution < -0.4 is 10.6 Å². The van der Waals surface area contributed by atoms with Gasteiger partial charge in [0.2, 0.25) is 23.5 Å². The van der Waals surface area contributed by atoms with Crippen molar-refractivity contribution in [2.75, 3.05) is 17.2 Å². The third-order valence-electron chi connectivity index (χ3n) is 4.00. The van der Waals surface area contributed by atoms with Crippen LogP contribution >= 0.6 is 11.6 Å². The smallest absolute Gasteiger partial charge is 0.259 e. The van der Waals surface area contributed by atoms with Crippen molar-refractivity contribution < 1.29 is 4.52 Å². The maximum Gasteiger partial charge on any atom is 0.259 e. The van der Waals surface area contributed by atoms with E-state index in [0.717, 1.165) is 5.69 Å². The summed E-state index contributed by atoms with van der Waals surface area (Å²) in [4.78, 5) is 19.2. The minimum absolute atomic E-state index is 0.0680. The lowest BCUT2D eigenvalue weighted by Gasteiger charge is -2.20. The Morgan fingerprint density at radius 1 is 0.929 bits per heavy atom. The van der Waals surface area contributed by atoms with Gasteiger partial charge in [0, 0.05) is 12.2 Å². The van der Waals surface area contributed by atoms with E-state index in [1.807, 2.05) is 54.3 Å². The predicted molar refractivity (Wildman–Crippen MR) is 107 cm³/mol. The second-order valence-electron chi connectivity index (χ2n) is 5.80. The van der Waals surface area contributed by atoms with Gasteiger partial charge in [0.25, 0.3) is 5.89 Å². The second kappa shape index (κ2) is 7.61. The van der Waals surface area contributed by atoms with Gasteiger partial charge in [-0.2, -0.15) is 19.9 Å². The number of benzene rings is 2. The van der Waals surface area contributed by atoms with Crippen LogP contribution in [0.4, 0.5) is 17.6 Å². The molecule has 0 spiro atoms. The van der Waals surface area contributed by atoms with Crippen LogP contribution in [0.1, 0.15) is 6.92 Å². The van der Waals surface area contributed by atoms with Crippen LogP contribution in [-0.2, 0) is 0 Å². The Kier molecular flexibility index (Phi) is 4.86. The topological polar surface area (TPSA) is 107 Å². The van der Waals surface area contributed by atoms with E-state index in [9.17, 15) is 0 Å². The first-order valence-corrected chi connectivity index (χ1v) is 8.96. The molecule has 0 aliphatic heterocycles. The van der Waals surface area contributed by atoms with Gasteiger partial charge < -0.3 is 15.2 Å². The number of nitrogens with two attached hydrogens (primary N) is 1. The number of aromatic nitrogens is 5. The van der Waals surface area contributed by atoms with Crippen molar-refractivity contribution in [2.45, 2.75) is 6.92 Å². The molecule has 9 heteroatoms. The molecule has 2 heterocycles. The normalized spacial score (nSPS) is 10.8. The summed E-state index contributed by atoms with van der Waals surface area (Å²) in [6.07, 6.45) is 0. The number of rotatable bonds is 5. The first kappa shape index (κ1) is 17.9. The van der Waals surface area contributed by atoms with Crippen molar-refractivity contribution >= 4 is 29.2 Å². The Labute approximate surface area is 166 Å². The van der Waals surface area contributed by atoms with E-state index < -0.39 is 0 Å². The van der Waals surface area contributed by atoms with E-state index in [1.165, 1.54) is 0 Å². The van der Waals surface area contributed by atoms with Crippen LogP contribution in [0.2, 0.25) is 5.02 Å². The molecule has 0 aliphatic rings. The summed E-state index contributed by atoms with van der Waals surface area (Å²) in [7, 11) is 0. The molecule has 28 heavy (non-hydrogen) atoms. The third-order valence-corrected chi connectivity index (χ3v) is 4.33. The molecule has 2 N–H and O–H groups in total. The summed E-state index contributed by atoms with van der Waals surface area (Å²) in [5, 5.41) is 4.48. The second-order valence-corrected chi connectivity index (χ2v) is 6.21. The van der Waals surface area contributed by atoms with Crippen LogP contribution in [0.15, 0.2) is 59.1 Å². The van der Waals surface area contributed by atoms with Crippen LogP contribution in [0.3, 0.4) is 0 Å². The fourth-order valence-electron chi connectivity index (χ4n) is 2.71. The minimum Gasteiger partial charge on any atom is -0.368 e. The van der Waals surface area contributed by atoms with Crippen molar-refractivity contribution in [3.63, 3.8) is 0 Å². The van der Waals surface area contributed by atoms with Crippen LogP contribution in [0, 0.1) is 0 Å². The zero-order valence-corrected chi connectivity index (χ0v) is 15.7. The fraction of sp³-hybridized carbons (Fsp3) is 0.105. The molecule has 4 rings (SSSR count). The highest BCUT2D eigenvalue weighted by Gasteiger charge is 2.19. The van der Waals surface area contributed by atoms with Crippen LogP contribution in [-0.4, -0.2) is 31.6 Å². The minimum atomic E-state index is 0.0680. The fourth-order valence-corrected chi connectivity index (χ4v) is 2.92. The molecular formula is C19H16ClN7O. The number of hydrogen-bond acceptors (Lipinski definition) is 8. The average molecular weight is 394 g/mol. The van der Waals surface area contributed by atoms with E-state index in [2.05, 4.69) is 25.1 Å². The maximum atomic E-state index is 6.20. The van der Waals surface area contributed by atoms with E-state index in [-0.39, 0.29) is 23.5 Å². The highest BCUT2D eigenvalue weighted by molar-refractivity contribution is 6.33. The van der Waals surface area contributed by atoms with Gasteiger partial charge in [-0.15, -0.1) is 0 Å². The number of nitrogens with zero attached hydrogens (tertiary/aromatic N) is 6. The molecule has 2 aromatic heterocycles. The summed E-state index contributed by atoms with van der Waals surface area (Å²) in [6, 6.07) is 17.0. The Morgan fingerprint density at radius 3 is 2.43 bits per heavy atom. The van der Waals surface area contributed by atoms with Gasteiger partial charge in [0.1, 0.15) is 0 Å². The first-order valence-electron chi connectivity index (χ1n) is 8.59. The van der Waals surface area contributed by atoms with Gasteiger partial charge in [0.15, 0.2) is 0 Å². The van der Waals surface area contributed by atoms with Crippen molar-refractivity contribution in [3.05, 3.63) is 59.6 Å². The van der Waals surface area contributed by atoms with Crippen molar-refractivity contribution in [3.8, 4) is 23.1 Å². The van der Waals surface area contributed by atoms with Gasteiger partial charge in [-0.05, 0) is 31.2 Å². The molecule has 0 unspecified atom stereocenters. The summed E-state index contributed by atoms with van der Waals surface area (Å²) in [5.41, 5.74) is 7.48. The Balaban J connectivity index is 1.73. The maximum absolute atomic E-state index is 6.20. The lowest BCUT2D eigenvalue weighted by atomic mass is 10.2. The number of anilines is 3. The monoisotopic (exact) mass is 393 g/mol. The number of halogens is 1. The Bertz CT molecular complexity index is 1100. The van der Waals surface area contributed by atoms with Crippen LogP contribution in [0.5, 0.6) is 0 Å². The summed E-state index contributed by atoms with van der Waals surface area (Å²) < 4.78 is 5.34. The number of para-hydroxylation sites is 1. The molecule has 0 bridgehead atoms. The molecule has 0 aliphatic carbocycles. The largest absolute Gasteiger partial charge is 0.368 e.